The van der Waals surface area contributed by atoms with Crippen LogP contribution in [0.25, 0.3) is 0 Å². The van der Waals surface area contributed by atoms with Crippen LogP contribution in [-0.4, -0.2) is 0 Å². The average Bonchev–Trinajstić information content (AvgIpc) is 2.15. The molecule has 1 aromatic carbocycles. The third-order valence-electron chi connectivity index (χ3n) is 2.43. The fourth-order valence-corrected chi connectivity index (χ4v) is 1.54. The van der Waals surface area contributed by atoms with E-state index < -0.39 is 0 Å². The highest BCUT2D eigenvalue weighted by molar-refractivity contribution is 5.20. The van der Waals surface area contributed by atoms with E-state index >= 15 is 0 Å². The molecule has 0 saturated carbocycles. The maximum Gasteiger partial charge on any atom is 0.126 e. The molecule has 0 aliphatic rings. The van der Waals surface area contributed by atoms with Gasteiger partial charge in [0.1, 0.15) is 5.82 Å². The van der Waals surface area contributed by atoms with Gasteiger partial charge in [0.25, 0.3) is 0 Å². The number of hydrogen-bond acceptors (Lipinski definition) is 0. The highest BCUT2D eigenvalue weighted by Crippen LogP contribution is 2.23. The zero-order chi connectivity index (χ0) is 9.68. The van der Waals surface area contributed by atoms with Crippen LogP contribution >= 0.6 is 0 Å². The number of unbranched alkanes of at least 4 members (excludes halogenated alkanes) is 1. The van der Waals surface area contributed by atoms with Gasteiger partial charge in [0.05, 0.1) is 0 Å². The molecule has 1 atom stereocenters. The summed E-state index contributed by atoms with van der Waals surface area (Å²) in [6.45, 7) is 4.25. The topological polar surface area (TPSA) is 0 Å². The lowest BCUT2D eigenvalue weighted by atomic mass is 9.95. The first-order valence-corrected chi connectivity index (χ1v) is 5.00. The van der Waals surface area contributed by atoms with E-state index in [1.807, 2.05) is 12.1 Å². The Labute approximate surface area is 79.8 Å². The summed E-state index contributed by atoms with van der Waals surface area (Å²) >= 11 is 0. The Morgan fingerprint density at radius 2 is 2.00 bits per heavy atom. The SMILES string of the molecule is CCCCC(C)c1ccccc1F. The summed E-state index contributed by atoms with van der Waals surface area (Å²) in [4.78, 5) is 0. The summed E-state index contributed by atoms with van der Waals surface area (Å²) < 4.78 is 13.3. The van der Waals surface area contributed by atoms with Crippen molar-refractivity contribution in [3.05, 3.63) is 35.6 Å². The van der Waals surface area contributed by atoms with Crippen LogP contribution in [0.15, 0.2) is 24.3 Å². The van der Waals surface area contributed by atoms with Crippen molar-refractivity contribution >= 4 is 0 Å². The van der Waals surface area contributed by atoms with E-state index in [2.05, 4.69) is 13.8 Å². The van der Waals surface area contributed by atoms with Crippen LogP contribution in [-0.2, 0) is 0 Å². The predicted molar refractivity (Wildman–Crippen MR) is 54.3 cm³/mol. The first-order chi connectivity index (χ1) is 6.25. The molecular weight excluding hydrogens is 163 g/mol. The van der Waals surface area contributed by atoms with Gasteiger partial charge in [0.2, 0.25) is 0 Å². The van der Waals surface area contributed by atoms with Crippen molar-refractivity contribution in [3.63, 3.8) is 0 Å². The molecule has 0 radical (unpaired) electrons. The molecule has 1 rings (SSSR count). The summed E-state index contributed by atoms with van der Waals surface area (Å²) in [5.41, 5.74) is 0.857. The smallest absolute Gasteiger partial charge is 0.126 e. The third kappa shape index (κ3) is 2.83. The molecule has 1 aromatic rings. The normalized spacial score (nSPS) is 12.8. The van der Waals surface area contributed by atoms with E-state index in [1.165, 1.54) is 18.9 Å². The minimum absolute atomic E-state index is 0.0638. The molecule has 1 heteroatoms. The molecule has 0 bridgehead atoms. The lowest BCUT2D eigenvalue weighted by Crippen LogP contribution is -1.96. The Kier molecular flexibility index (Phi) is 3.94. The Balaban J connectivity index is 2.65. The molecule has 0 N–H and O–H groups in total. The van der Waals surface area contributed by atoms with E-state index in [4.69, 9.17) is 0 Å². The highest BCUT2D eigenvalue weighted by atomic mass is 19.1. The second kappa shape index (κ2) is 5.00. The minimum Gasteiger partial charge on any atom is -0.207 e. The molecule has 72 valence electrons. The fraction of sp³-hybridized carbons (Fsp3) is 0.500. The van der Waals surface area contributed by atoms with Crippen molar-refractivity contribution in [3.8, 4) is 0 Å². The quantitative estimate of drug-likeness (QED) is 0.653. The molecule has 0 aliphatic carbocycles. The maximum atomic E-state index is 13.3. The Morgan fingerprint density at radius 1 is 1.31 bits per heavy atom. The molecule has 0 spiro atoms. The van der Waals surface area contributed by atoms with E-state index in [0.29, 0.717) is 5.92 Å². The van der Waals surface area contributed by atoms with Gasteiger partial charge in [-0.1, -0.05) is 44.9 Å². The Bertz CT molecular complexity index is 255. The lowest BCUT2D eigenvalue weighted by molar-refractivity contribution is 0.560. The fourth-order valence-electron chi connectivity index (χ4n) is 1.54. The van der Waals surface area contributed by atoms with Crippen LogP contribution in [0.3, 0.4) is 0 Å². The number of benzene rings is 1. The summed E-state index contributed by atoms with van der Waals surface area (Å²) in [6.07, 6.45) is 3.44. The first kappa shape index (κ1) is 10.2. The highest BCUT2D eigenvalue weighted by Gasteiger charge is 2.08. The number of hydrogen-bond donors (Lipinski definition) is 0. The molecule has 0 saturated heterocycles. The van der Waals surface area contributed by atoms with Crippen molar-refractivity contribution in [2.24, 2.45) is 0 Å². The van der Waals surface area contributed by atoms with Crippen LogP contribution < -0.4 is 0 Å². The largest absolute Gasteiger partial charge is 0.207 e. The molecule has 0 aliphatic heterocycles. The van der Waals surface area contributed by atoms with Crippen LogP contribution in [0.4, 0.5) is 4.39 Å². The summed E-state index contributed by atoms with van der Waals surface area (Å²) in [5, 5.41) is 0. The molecule has 0 aromatic heterocycles. The van der Waals surface area contributed by atoms with E-state index in [0.717, 1.165) is 12.0 Å². The van der Waals surface area contributed by atoms with Crippen molar-refractivity contribution < 1.29 is 4.39 Å². The monoisotopic (exact) mass is 180 g/mol. The van der Waals surface area contributed by atoms with E-state index in [1.54, 1.807) is 6.07 Å². The predicted octanol–water partition coefficient (Wildman–Crippen LogP) is 4.12. The molecule has 0 fully saturated rings. The minimum atomic E-state index is -0.0638. The summed E-state index contributed by atoms with van der Waals surface area (Å²) in [7, 11) is 0. The van der Waals surface area contributed by atoms with Crippen LogP contribution in [0.2, 0.25) is 0 Å². The standard InChI is InChI=1S/C12H17F/c1-3-4-7-10(2)11-8-5-6-9-12(11)13/h5-6,8-10H,3-4,7H2,1-2H3. The summed E-state index contributed by atoms with van der Waals surface area (Å²) in [6, 6.07) is 7.07. The second-order valence-corrected chi connectivity index (χ2v) is 3.56. The molecule has 0 amide bonds. The second-order valence-electron chi connectivity index (χ2n) is 3.56. The van der Waals surface area contributed by atoms with Crippen molar-refractivity contribution in [2.45, 2.75) is 39.0 Å². The van der Waals surface area contributed by atoms with Gasteiger partial charge in [-0.2, -0.15) is 0 Å². The van der Waals surface area contributed by atoms with Gasteiger partial charge in [-0.05, 0) is 24.0 Å². The first-order valence-electron chi connectivity index (χ1n) is 5.00. The van der Waals surface area contributed by atoms with Gasteiger partial charge in [-0.25, -0.2) is 4.39 Å². The van der Waals surface area contributed by atoms with Gasteiger partial charge in [-0.15, -0.1) is 0 Å². The van der Waals surface area contributed by atoms with Crippen LogP contribution in [0, 0.1) is 5.82 Å². The zero-order valence-corrected chi connectivity index (χ0v) is 8.39. The third-order valence-corrected chi connectivity index (χ3v) is 2.43. The number of rotatable bonds is 4. The molecule has 0 heterocycles. The average molecular weight is 180 g/mol. The summed E-state index contributed by atoms with van der Waals surface area (Å²) in [5.74, 6) is 0.284. The van der Waals surface area contributed by atoms with Crippen LogP contribution in [0.5, 0.6) is 0 Å². The van der Waals surface area contributed by atoms with Gasteiger partial charge in [0, 0.05) is 0 Å². The van der Waals surface area contributed by atoms with Crippen molar-refractivity contribution in [1.82, 2.24) is 0 Å². The molecule has 13 heavy (non-hydrogen) atoms. The zero-order valence-electron chi connectivity index (χ0n) is 8.39. The van der Waals surface area contributed by atoms with E-state index in [-0.39, 0.29) is 5.82 Å². The lowest BCUT2D eigenvalue weighted by Gasteiger charge is -2.11. The van der Waals surface area contributed by atoms with Gasteiger partial charge >= 0.3 is 0 Å². The maximum absolute atomic E-state index is 13.3. The Hall–Kier alpha value is -0.850. The van der Waals surface area contributed by atoms with Crippen molar-refractivity contribution in [2.75, 3.05) is 0 Å². The molecule has 1 unspecified atom stereocenters. The van der Waals surface area contributed by atoms with Gasteiger partial charge in [0.15, 0.2) is 0 Å². The molecular formula is C12H17F. The van der Waals surface area contributed by atoms with Crippen molar-refractivity contribution in [1.29, 1.82) is 0 Å². The van der Waals surface area contributed by atoms with Gasteiger partial charge in [-0.3, -0.25) is 0 Å². The molecule has 0 nitrogen and oxygen atoms in total. The Morgan fingerprint density at radius 3 is 2.62 bits per heavy atom. The van der Waals surface area contributed by atoms with Crippen LogP contribution in [0.1, 0.15) is 44.6 Å². The van der Waals surface area contributed by atoms with E-state index in [9.17, 15) is 4.39 Å². The number of halogens is 1. The van der Waals surface area contributed by atoms with Gasteiger partial charge < -0.3 is 0 Å².